The summed E-state index contributed by atoms with van der Waals surface area (Å²) in [6, 6.07) is 9.94. The molecule has 1 aliphatic heterocycles. The Morgan fingerprint density at radius 1 is 1.26 bits per heavy atom. The lowest BCUT2D eigenvalue weighted by molar-refractivity contribution is -0.187. The van der Waals surface area contributed by atoms with Crippen LogP contribution in [0, 0.1) is 5.92 Å². The molecule has 0 unspecified atom stereocenters. The summed E-state index contributed by atoms with van der Waals surface area (Å²) in [5.74, 6) is 0.172. The van der Waals surface area contributed by atoms with Gasteiger partial charge < -0.3 is 4.74 Å². The van der Waals surface area contributed by atoms with E-state index in [0.29, 0.717) is 13.2 Å². The predicted molar refractivity (Wildman–Crippen MR) is 88.5 cm³/mol. The van der Waals surface area contributed by atoms with Crippen molar-refractivity contribution in [3.05, 3.63) is 35.9 Å². The van der Waals surface area contributed by atoms with Crippen LogP contribution in [0.2, 0.25) is 0 Å². The Morgan fingerprint density at radius 2 is 2.04 bits per heavy atom. The minimum Gasteiger partial charge on any atom is -0.464 e. The van der Waals surface area contributed by atoms with Crippen molar-refractivity contribution in [1.82, 2.24) is 5.06 Å². The van der Waals surface area contributed by atoms with E-state index in [1.54, 1.807) is 0 Å². The number of esters is 1. The van der Waals surface area contributed by atoms with Crippen LogP contribution in [0.1, 0.15) is 51.0 Å². The molecule has 4 heteroatoms. The summed E-state index contributed by atoms with van der Waals surface area (Å²) in [6.45, 7) is 3.26. The number of nitrogens with zero attached hydrogens (tertiary/aromatic N) is 1. The molecule has 0 N–H and O–H groups in total. The molecule has 2 aliphatic rings. The van der Waals surface area contributed by atoms with Crippen LogP contribution in [0.25, 0.3) is 0 Å². The van der Waals surface area contributed by atoms with Gasteiger partial charge in [-0.25, -0.2) is 0 Å². The van der Waals surface area contributed by atoms with Gasteiger partial charge in [0.15, 0.2) is 0 Å². The first-order valence-electron chi connectivity index (χ1n) is 8.93. The molecule has 1 aliphatic carbocycles. The number of benzene rings is 1. The van der Waals surface area contributed by atoms with E-state index >= 15 is 0 Å². The highest BCUT2D eigenvalue weighted by atomic mass is 16.7. The molecule has 3 rings (SSSR count). The van der Waals surface area contributed by atoms with Crippen LogP contribution < -0.4 is 0 Å². The van der Waals surface area contributed by atoms with E-state index in [9.17, 15) is 4.79 Å². The van der Waals surface area contributed by atoms with Crippen molar-refractivity contribution < 1.29 is 14.4 Å². The summed E-state index contributed by atoms with van der Waals surface area (Å²) < 4.78 is 5.52. The average Bonchev–Trinajstić information content (AvgIpc) is 2.93. The van der Waals surface area contributed by atoms with Crippen LogP contribution in [-0.2, 0) is 20.9 Å². The van der Waals surface area contributed by atoms with Crippen LogP contribution >= 0.6 is 0 Å². The zero-order valence-corrected chi connectivity index (χ0v) is 13.9. The van der Waals surface area contributed by atoms with E-state index in [1.807, 2.05) is 23.3 Å². The number of hydrogen-bond donors (Lipinski definition) is 0. The smallest absolute Gasteiger partial charge is 0.326 e. The standard InChI is InChI=1S/C19H27NO3/c1-2-3-13-22-19(21)18-16-11-7-8-12-17(16)23-20(18)14-15-9-5-4-6-10-15/h4-6,9-10,16-18H,2-3,7-8,11-14H2,1H3/t16-,17+,18-/m1/s1. The van der Waals surface area contributed by atoms with Crippen LogP contribution in [-0.4, -0.2) is 29.8 Å². The predicted octanol–water partition coefficient (Wildman–Crippen LogP) is 3.70. The van der Waals surface area contributed by atoms with Gasteiger partial charge in [0.2, 0.25) is 0 Å². The van der Waals surface area contributed by atoms with Crippen molar-refractivity contribution in [3.8, 4) is 0 Å². The molecule has 4 nitrogen and oxygen atoms in total. The maximum absolute atomic E-state index is 12.6. The quantitative estimate of drug-likeness (QED) is 0.592. The van der Waals surface area contributed by atoms with Gasteiger partial charge in [-0.3, -0.25) is 9.63 Å². The van der Waals surface area contributed by atoms with Crippen LogP contribution in [0.4, 0.5) is 0 Å². The molecule has 1 heterocycles. The van der Waals surface area contributed by atoms with Crippen molar-refractivity contribution in [2.24, 2.45) is 5.92 Å². The molecule has 1 saturated carbocycles. The minimum absolute atomic E-state index is 0.108. The Labute approximate surface area is 138 Å². The average molecular weight is 317 g/mol. The minimum atomic E-state index is -0.252. The lowest BCUT2D eigenvalue weighted by atomic mass is 9.82. The fourth-order valence-corrected chi connectivity index (χ4v) is 3.66. The Morgan fingerprint density at radius 3 is 2.83 bits per heavy atom. The maximum Gasteiger partial charge on any atom is 0.326 e. The molecule has 1 aromatic rings. The molecule has 3 atom stereocenters. The highest BCUT2D eigenvalue weighted by molar-refractivity contribution is 5.76. The Hall–Kier alpha value is -1.39. The third-order valence-electron chi connectivity index (χ3n) is 4.91. The normalized spacial score (nSPS) is 27.6. The van der Waals surface area contributed by atoms with Gasteiger partial charge >= 0.3 is 5.97 Å². The van der Waals surface area contributed by atoms with Gasteiger partial charge in [-0.1, -0.05) is 56.5 Å². The number of carbonyl (C=O) groups is 1. The molecule has 23 heavy (non-hydrogen) atoms. The number of fused-ring (bicyclic) bond motifs is 1. The van der Waals surface area contributed by atoms with Crippen LogP contribution in [0.5, 0.6) is 0 Å². The van der Waals surface area contributed by atoms with Crippen molar-refractivity contribution in [2.75, 3.05) is 6.61 Å². The van der Waals surface area contributed by atoms with Gasteiger partial charge in [0.1, 0.15) is 6.04 Å². The molecule has 126 valence electrons. The van der Waals surface area contributed by atoms with Gasteiger partial charge in [0.05, 0.1) is 19.3 Å². The molecule has 2 fully saturated rings. The number of hydroxylamine groups is 2. The van der Waals surface area contributed by atoms with E-state index < -0.39 is 0 Å². The monoisotopic (exact) mass is 317 g/mol. The molecule has 0 amide bonds. The van der Waals surface area contributed by atoms with E-state index in [1.165, 1.54) is 12.8 Å². The van der Waals surface area contributed by atoms with E-state index in [4.69, 9.17) is 9.57 Å². The van der Waals surface area contributed by atoms with Crippen molar-refractivity contribution in [3.63, 3.8) is 0 Å². The van der Waals surface area contributed by atoms with Gasteiger partial charge in [0, 0.05) is 5.92 Å². The molecule has 0 bridgehead atoms. The topological polar surface area (TPSA) is 38.8 Å². The number of unbranched alkanes of at least 4 members (excludes halogenated alkanes) is 1. The first-order chi connectivity index (χ1) is 11.3. The molecular weight excluding hydrogens is 290 g/mol. The second-order valence-corrected chi connectivity index (χ2v) is 6.62. The zero-order valence-electron chi connectivity index (χ0n) is 13.9. The van der Waals surface area contributed by atoms with E-state index in [-0.39, 0.29) is 24.0 Å². The highest BCUT2D eigenvalue weighted by Crippen LogP contribution is 2.39. The Balaban J connectivity index is 1.71. The Bertz CT molecular complexity index is 505. The molecule has 1 saturated heterocycles. The summed E-state index contributed by atoms with van der Waals surface area (Å²) in [6.07, 6.45) is 6.62. The fraction of sp³-hybridized carbons (Fsp3) is 0.632. The second-order valence-electron chi connectivity index (χ2n) is 6.62. The van der Waals surface area contributed by atoms with Crippen molar-refractivity contribution in [2.45, 2.75) is 64.1 Å². The highest BCUT2D eigenvalue weighted by Gasteiger charge is 2.48. The molecule has 0 radical (unpaired) electrons. The van der Waals surface area contributed by atoms with Gasteiger partial charge in [-0.15, -0.1) is 0 Å². The summed E-state index contributed by atoms with van der Waals surface area (Å²) in [5, 5.41) is 1.88. The number of rotatable bonds is 6. The summed E-state index contributed by atoms with van der Waals surface area (Å²) in [7, 11) is 0. The third-order valence-corrected chi connectivity index (χ3v) is 4.91. The molecule has 0 spiro atoms. The van der Waals surface area contributed by atoms with Gasteiger partial charge in [-0.05, 0) is 24.8 Å². The van der Waals surface area contributed by atoms with Crippen LogP contribution in [0.15, 0.2) is 30.3 Å². The van der Waals surface area contributed by atoms with Gasteiger partial charge in [-0.2, -0.15) is 5.06 Å². The molecule has 0 aromatic heterocycles. The fourth-order valence-electron chi connectivity index (χ4n) is 3.66. The number of hydrogen-bond acceptors (Lipinski definition) is 4. The summed E-state index contributed by atoms with van der Waals surface area (Å²) >= 11 is 0. The first-order valence-corrected chi connectivity index (χ1v) is 8.93. The van der Waals surface area contributed by atoms with Crippen molar-refractivity contribution >= 4 is 5.97 Å². The Kier molecular flexibility index (Phi) is 5.68. The maximum atomic E-state index is 12.6. The second kappa shape index (κ2) is 7.93. The van der Waals surface area contributed by atoms with Crippen LogP contribution in [0.3, 0.4) is 0 Å². The molecular formula is C19H27NO3. The number of carbonyl (C=O) groups excluding carboxylic acids is 1. The first kappa shape index (κ1) is 16.5. The summed E-state index contributed by atoms with van der Waals surface area (Å²) in [4.78, 5) is 18.8. The largest absolute Gasteiger partial charge is 0.464 e. The number of ether oxygens (including phenoxy) is 1. The summed E-state index contributed by atoms with van der Waals surface area (Å²) in [5.41, 5.74) is 1.16. The zero-order chi connectivity index (χ0) is 16.1. The lowest BCUT2D eigenvalue weighted by Gasteiger charge is -2.26. The lowest BCUT2D eigenvalue weighted by Crippen LogP contribution is -2.41. The molecule has 1 aromatic carbocycles. The van der Waals surface area contributed by atoms with E-state index in [0.717, 1.165) is 31.2 Å². The SMILES string of the molecule is CCCCOC(=O)[C@H]1[C@@H]2CCCC[C@@H]2ON1Cc1ccccc1. The van der Waals surface area contributed by atoms with E-state index in [2.05, 4.69) is 19.1 Å². The third kappa shape index (κ3) is 3.93. The van der Waals surface area contributed by atoms with Gasteiger partial charge in [0.25, 0.3) is 0 Å². The van der Waals surface area contributed by atoms with Crippen molar-refractivity contribution in [1.29, 1.82) is 0 Å².